The number of hydrogen-bond donors (Lipinski definition) is 0. The first kappa shape index (κ1) is 14.0. The van der Waals surface area contributed by atoms with Crippen molar-refractivity contribution in [1.29, 1.82) is 0 Å². The van der Waals surface area contributed by atoms with Crippen LogP contribution in [0.5, 0.6) is 0 Å². The van der Waals surface area contributed by atoms with E-state index < -0.39 is 11.8 Å². The van der Waals surface area contributed by atoms with Crippen molar-refractivity contribution < 1.29 is 23.4 Å². The standard InChI is InChI=1S/C14H17FO4/c1-17-14(16)12-3-2-10(8-13(12)15)9-19-11-4-6-18-7-5-11/h2-3,8,11H,4-7,9H2,1H3. The first-order valence-electron chi connectivity index (χ1n) is 6.27. The lowest BCUT2D eigenvalue weighted by atomic mass is 10.1. The highest BCUT2D eigenvalue weighted by atomic mass is 19.1. The summed E-state index contributed by atoms with van der Waals surface area (Å²) in [5.74, 6) is -1.26. The van der Waals surface area contributed by atoms with E-state index in [9.17, 15) is 9.18 Å². The minimum atomic E-state index is -0.672. The van der Waals surface area contributed by atoms with Gasteiger partial charge < -0.3 is 14.2 Å². The number of halogens is 1. The summed E-state index contributed by atoms with van der Waals surface area (Å²) in [6.07, 6.45) is 1.89. The Morgan fingerprint density at radius 2 is 2.16 bits per heavy atom. The largest absolute Gasteiger partial charge is 0.465 e. The minimum absolute atomic E-state index is 0.0580. The Balaban J connectivity index is 1.94. The molecule has 1 heterocycles. The third kappa shape index (κ3) is 3.75. The van der Waals surface area contributed by atoms with Gasteiger partial charge in [0.15, 0.2) is 0 Å². The summed E-state index contributed by atoms with van der Waals surface area (Å²) in [6.45, 7) is 1.75. The fourth-order valence-corrected chi connectivity index (χ4v) is 1.98. The molecule has 0 aliphatic carbocycles. The van der Waals surface area contributed by atoms with Crippen LogP contribution in [0, 0.1) is 5.82 Å². The van der Waals surface area contributed by atoms with Crippen LogP contribution in [0.2, 0.25) is 0 Å². The maximum atomic E-state index is 13.7. The number of carbonyl (C=O) groups is 1. The molecule has 2 rings (SSSR count). The summed E-state index contributed by atoms with van der Waals surface area (Å²) in [5, 5.41) is 0. The van der Waals surface area contributed by atoms with E-state index in [0.717, 1.165) is 12.8 Å². The van der Waals surface area contributed by atoms with E-state index in [1.807, 2.05) is 0 Å². The first-order chi connectivity index (χ1) is 9.20. The molecule has 4 nitrogen and oxygen atoms in total. The number of carbonyl (C=O) groups excluding carboxylic acids is 1. The molecule has 1 saturated heterocycles. The third-order valence-electron chi connectivity index (χ3n) is 3.09. The summed E-state index contributed by atoms with van der Waals surface area (Å²) in [7, 11) is 1.23. The summed E-state index contributed by atoms with van der Waals surface area (Å²) < 4.78 is 29.1. The van der Waals surface area contributed by atoms with Gasteiger partial charge in [-0.2, -0.15) is 0 Å². The average Bonchev–Trinajstić information content (AvgIpc) is 2.45. The van der Waals surface area contributed by atoms with Gasteiger partial charge in [-0.3, -0.25) is 0 Å². The van der Waals surface area contributed by atoms with Crippen molar-refractivity contribution in [3.63, 3.8) is 0 Å². The molecule has 0 unspecified atom stereocenters. The smallest absolute Gasteiger partial charge is 0.340 e. The van der Waals surface area contributed by atoms with Gasteiger partial charge in [0.1, 0.15) is 5.82 Å². The molecule has 1 aromatic carbocycles. The SMILES string of the molecule is COC(=O)c1ccc(COC2CCOCC2)cc1F. The molecule has 1 aromatic rings. The molecule has 0 aromatic heterocycles. The van der Waals surface area contributed by atoms with Crippen molar-refractivity contribution in [3.05, 3.63) is 35.1 Å². The van der Waals surface area contributed by atoms with Crippen molar-refractivity contribution >= 4 is 5.97 Å². The Morgan fingerprint density at radius 1 is 1.42 bits per heavy atom. The summed E-state index contributed by atoms with van der Waals surface area (Å²) in [4.78, 5) is 11.2. The van der Waals surface area contributed by atoms with E-state index in [-0.39, 0.29) is 11.7 Å². The van der Waals surface area contributed by atoms with Gasteiger partial charge in [0.2, 0.25) is 0 Å². The number of hydrogen-bond acceptors (Lipinski definition) is 4. The van der Waals surface area contributed by atoms with Crippen LogP contribution >= 0.6 is 0 Å². The quantitative estimate of drug-likeness (QED) is 0.786. The number of esters is 1. The fraction of sp³-hybridized carbons (Fsp3) is 0.500. The molecule has 1 aliphatic rings. The molecule has 0 amide bonds. The monoisotopic (exact) mass is 268 g/mol. The molecular formula is C14H17FO4. The number of rotatable bonds is 4. The van der Waals surface area contributed by atoms with E-state index in [0.29, 0.717) is 25.4 Å². The lowest BCUT2D eigenvalue weighted by molar-refractivity contribution is -0.0391. The zero-order chi connectivity index (χ0) is 13.7. The fourth-order valence-electron chi connectivity index (χ4n) is 1.98. The van der Waals surface area contributed by atoms with Crippen LogP contribution in [-0.2, 0) is 20.8 Å². The van der Waals surface area contributed by atoms with Crippen LogP contribution in [0.25, 0.3) is 0 Å². The normalized spacial score (nSPS) is 16.3. The number of benzene rings is 1. The lowest BCUT2D eigenvalue weighted by Crippen LogP contribution is -2.23. The van der Waals surface area contributed by atoms with E-state index in [2.05, 4.69) is 4.74 Å². The second-order valence-electron chi connectivity index (χ2n) is 4.43. The van der Waals surface area contributed by atoms with Crippen LogP contribution in [0.1, 0.15) is 28.8 Å². The van der Waals surface area contributed by atoms with Crippen LogP contribution in [-0.4, -0.2) is 32.4 Å². The van der Waals surface area contributed by atoms with Gasteiger partial charge in [-0.25, -0.2) is 9.18 Å². The highest BCUT2D eigenvalue weighted by Gasteiger charge is 2.15. The average molecular weight is 268 g/mol. The summed E-state index contributed by atoms with van der Waals surface area (Å²) in [5.41, 5.74) is 0.647. The second kappa shape index (κ2) is 6.63. The molecule has 1 fully saturated rings. The number of methoxy groups -OCH3 is 1. The maximum absolute atomic E-state index is 13.7. The first-order valence-corrected chi connectivity index (χ1v) is 6.27. The van der Waals surface area contributed by atoms with Crippen LogP contribution in [0.4, 0.5) is 4.39 Å². The van der Waals surface area contributed by atoms with Crippen molar-refractivity contribution in [1.82, 2.24) is 0 Å². The molecular weight excluding hydrogens is 251 g/mol. The van der Waals surface area contributed by atoms with Crippen molar-refractivity contribution in [2.45, 2.75) is 25.6 Å². The number of ether oxygens (including phenoxy) is 3. The molecule has 0 spiro atoms. The molecule has 19 heavy (non-hydrogen) atoms. The molecule has 1 aliphatic heterocycles. The van der Waals surface area contributed by atoms with Crippen molar-refractivity contribution in [3.8, 4) is 0 Å². The summed E-state index contributed by atoms with van der Waals surface area (Å²) in [6, 6.07) is 4.41. The Hall–Kier alpha value is -1.46. The molecule has 0 saturated carbocycles. The minimum Gasteiger partial charge on any atom is -0.465 e. The highest BCUT2D eigenvalue weighted by Crippen LogP contribution is 2.16. The van der Waals surface area contributed by atoms with Gasteiger partial charge in [0, 0.05) is 13.2 Å². The van der Waals surface area contributed by atoms with Crippen molar-refractivity contribution in [2.24, 2.45) is 0 Å². The zero-order valence-corrected chi connectivity index (χ0v) is 10.9. The van der Waals surface area contributed by atoms with Gasteiger partial charge in [-0.15, -0.1) is 0 Å². The predicted molar refractivity (Wildman–Crippen MR) is 66.4 cm³/mol. The predicted octanol–water partition coefficient (Wildman–Crippen LogP) is 2.31. The van der Waals surface area contributed by atoms with Gasteiger partial charge in [-0.1, -0.05) is 6.07 Å². The maximum Gasteiger partial charge on any atom is 0.340 e. The Kier molecular flexibility index (Phi) is 4.87. The Morgan fingerprint density at radius 3 is 2.79 bits per heavy atom. The van der Waals surface area contributed by atoms with Gasteiger partial charge in [0.25, 0.3) is 0 Å². The van der Waals surface area contributed by atoms with Gasteiger partial charge >= 0.3 is 5.97 Å². The third-order valence-corrected chi connectivity index (χ3v) is 3.09. The zero-order valence-electron chi connectivity index (χ0n) is 10.9. The Labute approximate surface area is 111 Å². The molecule has 0 radical (unpaired) electrons. The topological polar surface area (TPSA) is 44.8 Å². The molecule has 0 N–H and O–H groups in total. The van der Waals surface area contributed by atoms with E-state index >= 15 is 0 Å². The van der Waals surface area contributed by atoms with Crippen LogP contribution in [0.3, 0.4) is 0 Å². The van der Waals surface area contributed by atoms with Crippen molar-refractivity contribution in [2.75, 3.05) is 20.3 Å². The molecule has 5 heteroatoms. The van der Waals surface area contributed by atoms with E-state index in [1.165, 1.54) is 19.2 Å². The lowest BCUT2D eigenvalue weighted by Gasteiger charge is -2.22. The van der Waals surface area contributed by atoms with E-state index in [4.69, 9.17) is 9.47 Å². The second-order valence-corrected chi connectivity index (χ2v) is 4.43. The molecule has 0 bridgehead atoms. The van der Waals surface area contributed by atoms with Gasteiger partial charge in [-0.05, 0) is 30.5 Å². The van der Waals surface area contributed by atoms with E-state index in [1.54, 1.807) is 6.07 Å². The Bertz CT molecular complexity index is 441. The highest BCUT2D eigenvalue weighted by molar-refractivity contribution is 5.89. The van der Waals surface area contributed by atoms with Crippen LogP contribution in [0.15, 0.2) is 18.2 Å². The molecule has 104 valence electrons. The molecule has 0 atom stereocenters. The summed E-state index contributed by atoms with van der Waals surface area (Å²) >= 11 is 0. The van der Waals surface area contributed by atoms with Crippen LogP contribution < -0.4 is 0 Å². The van der Waals surface area contributed by atoms with Gasteiger partial charge in [0.05, 0.1) is 25.4 Å².